The largest absolute Gasteiger partial charge is 0.468 e. The summed E-state index contributed by atoms with van der Waals surface area (Å²) in [4.78, 5) is 18.8. The smallest absolute Gasteiger partial charge is 0.323 e. The highest BCUT2D eigenvalue weighted by Crippen LogP contribution is 1.94. The topological polar surface area (TPSA) is 78.1 Å². The average Bonchev–Trinajstić information content (AvgIpc) is 2.18. The van der Waals surface area contributed by atoms with E-state index in [9.17, 15) is 4.79 Å². The van der Waals surface area contributed by atoms with Crippen LogP contribution in [0.1, 0.15) is 5.82 Å². The molecule has 0 aliphatic carbocycles. The van der Waals surface area contributed by atoms with Crippen LogP contribution in [-0.2, 0) is 16.0 Å². The molecule has 0 aliphatic rings. The highest BCUT2D eigenvalue weighted by Gasteiger charge is 2.14. The lowest BCUT2D eigenvalue weighted by Gasteiger charge is -2.06. The van der Waals surface area contributed by atoms with Crippen LogP contribution in [0.4, 0.5) is 0 Å². The molecule has 0 bridgehead atoms. The van der Waals surface area contributed by atoms with Gasteiger partial charge in [-0.2, -0.15) is 0 Å². The van der Waals surface area contributed by atoms with Gasteiger partial charge in [-0.1, -0.05) is 0 Å². The van der Waals surface area contributed by atoms with Gasteiger partial charge in [0.2, 0.25) is 0 Å². The number of hydrogen-bond acceptors (Lipinski definition) is 5. The molecule has 2 N–H and O–H groups in total. The molecule has 70 valence electrons. The van der Waals surface area contributed by atoms with E-state index in [0.29, 0.717) is 12.2 Å². The van der Waals surface area contributed by atoms with E-state index in [-0.39, 0.29) is 0 Å². The lowest BCUT2D eigenvalue weighted by atomic mass is 10.2. The molecule has 1 aromatic heterocycles. The third-order valence-corrected chi connectivity index (χ3v) is 1.53. The fourth-order valence-electron chi connectivity index (χ4n) is 0.867. The Kier molecular flexibility index (Phi) is 3.33. The summed E-state index contributed by atoms with van der Waals surface area (Å²) in [6.45, 7) is 0. The minimum Gasteiger partial charge on any atom is -0.468 e. The zero-order valence-corrected chi connectivity index (χ0v) is 7.30. The normalized spacial score (nSPS) is 12.2. The van der Waals surface area contributed by atoms with Crippen molar-refractivity contribution in [3.8, 4) is 0 Å². The van der Waals surface area contributed by atoms with Crippen molar-refractivity contribution in [2.75, 3.05) is 7.11 Å². The van der Waals surface area contributed by atoms with Crippen LogP contribution in [0.2, 0.25) is 0 Å². The predicted molar refractivity (Wildman–Crippen MR) is 45.7 cm³/mol. The number of aromatic nitrogens is 2. The van der Waals surface area contributed by atoms with E-state index >= 15 is 0 Å². The number of esters is 1. The first-order chi connectivity index (χ1) is 6.24. The van der Waals surface area contributed by atoms with Crippen LogP contribution >= 0.6 is 0 Å². The Bertz CT molecular complexity index is 276. The molecule has 0 radical (unpaired) electrons. The Hall–Kier alpha value is -1.49. The molecular weight excluding hydrogens is 170 g/mol. The van der Waals surface area contributed by atoms with Gasteiger partial charge in [0.15, 0.2) is 0 Å². The Morgan fingerprint density at radius 1 is 1.62 bits per heavy atom. The SMILES string of the molecule is COC(=O)[C@@H](N)Cc1ncccn1. The van der Waals surface area contributed by atoms with E-state index in [4.69, 9.17) is 5.73 Å². The van der Waals surface area contributed by atoms with E-state index in [1.165, 1.54) is 7.11 Å². The second-order valence-electron chi connectivity index (χ2n) is 2.50. The first-order valence-electron chi connectivity index (χ1n) is 3.83. The molecule has 5 heteroatoms. The Morgan fingerprint density at radius 3 is 2.77 bits per heavy atom. The van der Waals surface area contributed by atoms with Crippen LogP contribution in [0.5, 0.6) is 0 Å². The minimum absolute atomic E-state index is 0.299. The van der Waals surface area contributed by atoms with Crippen molar-refractivity contribution in [1.82, 2.24) is 9.97 Å². The fraction of sp³-hybridized carbons (Fsp3) is 0.375. The number of rotatable bonds is 3. The van der Waals surface area contributed by atoms with Crippen LogP contribution in [-0.4, -0.2) is 29.1 Å². The van der Waals surface area contributed by atoms with Crippen LogP contribution < -0.4 is 5.73 Å². The van der Waals surface area contributed by atoms with Crippen molar-refractivity contribution < 1.29 is 9.53 Å². The third-order valence-electron chi connectivity index (χ3n) is 1.53. The molecule has 0 spiro atoms. The molecule has 0 aromatic carbocycles. The summed E-state index contributed by atoms with van der Waals surface area (Å²) in [7, 11) is 1.30. The molecule has 0 unspecified atom stereocenters. The highest BCUT2D eigenvalue weighted by atomic mass is 16.5. The first kappa shape index (κ1) is 9.60. The minimum atomic E-state index is -0.688. The molecule has 0 saturated heterocycles. The number of nitrogens with zero attached hydrogens (tertiary/aromatic N) is 2. The molecule has 1 rings (SSSR count). The maximum absolute atomic E-state index is 10.9. The Morgan fingerprint density at radius 2 is 2.23 bits per heavy atom. The number of carbonyl (C=O) groups excluding carboxylic acids is 1. The monoisotopic (exact) mass is 181 g/mol. The van der Waals surface area contributed by atoms with E-state index in [1.54, 1.807) is 18.5 Å². The molecule has 0 amide bonds. The van der Waals surface area contributed by atoms with Crippen molar-refractivity contribution in [2.45, 2.75) is 12.5 Å². The lowest BCUT2D eigenvalue weighted by Crippen LogP contribution is -2.34. The highest BCUT2D eigenvalue weighted by molar-refractivity contribution is 5.75. The first-order valence-corrected chi connectivity index (χ1v) is 3.83. The second kappa shape index (κ2) is 4.51. The van der Waals surface area contributed by atoms with Gasteiger partial charge in [0.1, 0.15) is 11.9 Å². The summed E-state index contributed by atoms with van der Waals surface area (Å²) in [6.07, 6.45) is 3.51. The predicted octanol–water partition coefficient (Wildman–Crippen LogP) is -0.481. The molecule has 0 aliphatic heterocycles. The molecule has 1 heterocycles. The number of carbonyl (C=O) groups is 1. The van der Waals surface area contributed by atoms with Crippen molar-refractivity contribution in [2.24, 2.45) is 5.73 Å². The van der Waals surface area contributed by atoms with Crippen molar-refractivity contribution in [3.05, 3.63) is 24.3 Å². The van der Waals surface area contributed by atoms with Crippen LogP contribution in [0.15, 0.2) is 18.5 Å². The maximum atomic E-state index is 10.9. The molecule has 13 heavy (non-hydrogen) atoms. The van der Waals surface area contributed by atoms with Gasteiger partial charge in [-0.3, -0.25) is 4.79 Å². The number of nitrogens with two attached hydrogens (primary N) is 1. The van der Waals surface area contributed by atoms with Crippen molar-refractivity contribution in [3.63, 3.8) is 0 Å². The van der Waals surface area contributed by atoms with Crippen LogP contribution in [0.25, 0.3) is 0 Å². The van der Waals surface area contributed by atoms with Crippen molar-refractivity contribution in [1.29, 1.82) is 0 Å². The summed E-state index contributed by atoms with van der Waals surface area (Å²) in [5.74, 6) is 0.0906. The fourth-order valence-corrected chi connectivity index (χ4v) is 0.867. The van der Waals surface area contributed by atoms with Gasteiger partial charge >= 0.3 is 5.97 Å². The average molecular weight is 181 g/mol. The molecule has 0 fully saturated rings. The quantitative estimate of drug-likeness (QED) is 0.637. The lowest BCUT2D eigenvalue weighted by molar-refractivity contribution is -0.142. The summed E-state index contributed by atoms with van der Waals surface area (Å²) in [5.41, 5.74) is 5.51. The summed E-state index contributed by atoms with van der Waals surface area (Å²) in [5, 5.41) is 0. The molecule has 1 aromatic rings. The van der Waals surface area contributed by atoms with E-state index in [2.05, 4.69) is 14.7 Å². The Labute approximate surface area is 75.9 Å². The van der Waals surface area contributed by atoms with Gasteiger partial charge in [-0.15, -0.1) is 0 Å². The second-order valence-corrected chi connectivity index (χ2v) is 2.50. The number of methoxy groups -OCH3 is 1. The van der Waals surface area contributed by atoms with E-state index in [0.717, 1.165) is 0 Å². The third kappa shape index (κ3) is 2.79. The van der Waals surface area contributed by atoms with Gasteiger partial charge in [-0.25, -0.2) is 9.97 Å². The zero-order chi connectivity index (χ0) is 9.68. The zero-order valence-electron chi connectivity index (χ0n) is 7.30. The van der Waals surface area contributed by atoms with E-state index in [1.807, 2.05) is 0 Å². The standard InChI is InChI=1S/C8H11N3O2/c1-13-8(12)6(9)5-7-10-3-2-4-11-7/h2-4,6H,5,9H2,1H3/t6-/m0/s1. The van der Waals surface area contributed by atoms with Crippen LogP contribution in [0, 0.1) is 0 Å². The molecule has 1 atom stereocenters. The maximum Gasteiger partial charge on any atom is 0.323 e. The Balaban J connectivity index is 2.55. The molecular formula is C8H11N3O2. The van der Waals surface area contributed by atoms with Gasteiger partial charge in [0, 0.05) is 18.8 Å². The summed E-state index contributed by atoms with van der Waals surface area (Å²) in [6, 6.07) is 1.01. The van der Waals surface area contributed by atoms with Gasteiger partial charge in [-0.05, 0) is 6.07 Å². The summed E-state index contributed by atoms with van der Waals surface area (Å²) < 4.78 is 4.46. The summed E-state index contributed by atoms with van der Waals surface area (Å²) >= 11 is 0. The van der Waals surface area contributed by atoms with Gasteiger partial charge < -0.3 is 10.5 Å². The molecule has 0 saturated carbocycles. The van der Waals surface area contributed by atoms with Gasteiger partial charge in [0.05, 0.1) is 7.11 Å². The van der Waals surface area contributed by atoms with Crippen molar-refractivity contribution >= 4 is 5.97 Å². The van der Waals surface area contributed by atoms with Gasteiger partial charge in [0.25, 0.3) is 0 Å². The molecule has 5 nitrogen and oxygen atoms in total. The number of hydrogen-bond donors (Lipinski definition) is 1. The van der Waals surface area contributed by atoms with E-state index < -0.39 is 12.0 Å². The van der Waals surface area contributed by atoms with Crippen LogP contribution in [0.3, 0.4) is 0 Å². The number of ether oxygens (including phenoxy) is 1.